The smallest absolute Gasteiger partial charge is 0.257 e. The largest absolute Gasteiger partial charge is 0.366 e. The van der Waals surface area contributed by atoms with Gasteiger partial charge in [-0.15, -0.1) is 0 Å². The Bertz CT molecular complexity index is 1090. The van der Waals surface area contributed by atoms with Crippen LogP contribution in [0.2, 0.25) is 0 Å². The third kappa shape index (κ3) is 4.89. The number of rotatable bonds is 7. The third-order valence-corrected chi connectivity index (χ3v) is 6.72. The van der Waals surface area contributed by atoms with Crippen LogP contribution in [0.5, 0.6) is 0 Å². The first-order valence-electron chi connectivity index (χ1n) is 9.55. The minimum absolute atomic E-state index is 0.00784. The maximum absolute atomic E-state index is 13.8. The summed E-state index contributed by atoms with van der Waals surface area (Å²) in [4.78, 5) is 8.22. The molecule has 1 saturated heterocycles. The molecule has 0 amide bonds. The second-order valence-corrected chi connectivity index (χ2v) is 9.04. The molecule has 30 heavy (non-hydrogen) atoms. The van der Waals surface area contributed by atoms with Gasteiger partial charge in [0.15, 0.2) is 11.9 Å². The number of halogens is 1. The molecule has 3 heterocycles. The van der Waals surface area contributed by atoms with Gasteiger partial charge >= 0.3 is 0 Å². The molecule has 1 atom stereocenters. The van der Waals surface area contributed by atoms with E-state index in [2.05, 4.69) is 15.1 Å². The van der Waals surface area contributed by atoms with Gasteiger partial charge in [0.1, 0.15) is 5.82 Å². The van der Waals surface area contributed by atoms with Crippen molar-refractivity contribution >= 4 is 10.0 Å². The minimum atomic E-state index is -3.48. The first-order valence-corrected chi connectivity index (χ1v) is 11.2. The van der Waals surface area contributed by atoms with Gasteiger partial charge in [0.05, 0.1) is 12.4 Å². The van der Waals surface area contributed by atoms with Crippen LogP contribution < -0.4 is 0 Å². The van der Waals surface area contributed by atoms with Gasteiger partial charge in [-0.2, -0.15) is 9.29 Å². The molecule has 0 unspecified atom stereocenters. The van der Waals surface area contributed by atoms with Crippen LogP contribution in [0.25, 0.3) is 0 Å². The summed E-state index contributed by atoms with van der Waals surface area (Å²) in [6, 6.07) is 9.97. The van der Waals surface area contributed by atoms with Crippen molar-refractivity contribution in [3.05, 3.63) is 77.5 Å². The van der Waals surface area contributed by atoms with Crippen LogP contribution in [0, 0.1) is 5.82 Å². The quantitative estimate of drug-likeness (QED) is 0.564. The number of aromatic nitrogens is 3. The molecule has 1 aromatic carbocycles. The number of nitrogens with zero attached hydrogens (tertiary/aromatic N) is 4. The summed E-state index contributed by atoms with van der Waals surface area (Å²) in [6.07, 6.45) is 3.20. The average Bonchev–Trinajstić information content (AvgIpc) is 3.24. The number of hydrogen-bond acceptors (Lipinski definition) is 7. The molecule has 158 valence electrons. The monoisotopic (exact) mass is 432 g/mol. The summed E-state index contributed by atoms with van der Waals surface area (Å²) >= 11 is 0. The summed E-state index contributed by atoms with van der Waals surface area (Å²) in [5, 5.41) is 3.88. The molecule has 0 aliphatic carbocycles. The highest BCUT2D eigenvalue weighted by molar-refractivity contribution is 7.89. The molecule has 10 heteroatoms. The molecule has 4 rings (SSSR count). The average molecular weight is 432 g/mol. The Labute approximate surface area is 173 Å². The Kier molecular flexibility index (Phi) is 6.16. The van der Waals surface area contributed by atoms with E-state index in [0.717, 1.165) is 5.56 Å². The number of pyridine rings is 1. The highest BCUT2D eigenvalue weighted by atomic mass is 32.2. The normalized spacial score (nSPS) is 17.8. The second-order valence-electron chi connectivity index (χ2n) is 6.96. The molecule has 0 radical (unpaired) electrons. The van der Waals surface area contributed by atoms with Crippen molar-refractivity contribution in [3.63, 3.8) is 0 Å². The van der Waals surface area contributed by atoms with E-state index in [-0.39, 0.29) is 43.6 Å². The zero-order valence-electron chi connectivity index (χ0n) is 16.1. The SMILES string of the molecule is O=S(=O)(CCc1ccncc1)N1CCO[C@H](c2nc(Cc3ccccc3F)no2)C1. The van der Waals surface area contributed by atoms with E-state index in [1.165, 1.54) is 10.4 Å². The van der Waals surface area contributed by atoms with Gasteiger partial charge in [0.2, 0.25) is 10.0 Å². The summed E-state index contributed by atoms with van der Waals surface area (Å²) in [5.74, 6) is 0.155. The summed E-state index contributed by atoms with van der Waals surface area (Å²) in [5.41, 5.74) is 1.36. The fourth-order valence-electron chi connectivity index (χ4n) is 3.24. The third-order valence-electron chi connectivity index (χ3n) is 4.89. The number of benzene rings is 1. The van der Waals surface area contributed by atoms with Gasteiger partial charge in [-0.1, -0.05) is 23.4 Å². The molecule has 0 spiro atoms. The number of morpholine rings is 1. The zero-order chi connectivity index (χ0) is 21.0. The van der Waals surface area contributed by atoms with Crippen LogP contribution in [0.1, 0.15) is 28.9 Å². The minimum Gasteiger partial charge on any atom is -0.366 e. The number of ether oxygens (including phenoxy) is 1. The van der Waals surface area contributed by atoms with Crippen molar-refractivity contribution in [3.8, 4) is 0 Å². The van der Waals surface area contributed by atoms with Crippen molar-refractivity contribution in [1.82, 2.24) is 19.4 Å². The molecule has 2 aromatic heterocycles. The standard InChI is InChI=1S/C20H21FN4O4S/c21-17-4-2-1-3-16(17)13-19-23-20(29-24-19)18-14-25(10-11-28-18)30(26,27)12-7-15-5-8-22-9-6-15/h1-6,8-9,18H,7,10-14H2/t18-/m0/s1. The maximum Gasteiger partial charge on any atom is 0.257 e. The van der Waals surface area contributed by atoms with Crippen molar-refractivity contribution in [2.45, 2.75) is 18.9 Å². The first-order chi connectivity index (χ1) is 14.5. The van der Waals surface area contributed by atoms with Crippen LogP contribution in [-0.4, -0.2) is 53.3 Å². The molecular formula is C20H21FN4O4S. The van der Waals surface area contributed by atoms with Crippen molar-refractivity contribution in [2.75, 3.05) is 25.4 Å². The molecule has 3 aromatic rings. The van der Waals surface area contributed by atoms with E-state index >= 15 is 0 Å². The number of aryl methyl sites for hydroxylation is 1. The van der Waals surface area contributed by atoms with Gasteiger partial charge < -0.3 is 9.26 Å². The van der Waals surface area contributed by atoms with E-state index in [4.69, 9.17) is 9.26 Å². The van der Waals surface area contributed by atoms with E-state index in [9.17, 15) is 12.8 Å². The molecular weight excluding hydrogens is 411 g/mol. The van der Waals surface area contributed by atoms with Crippen LogP contribution in [0.4, 0.5) is 4.39 Å². The first kappa shape index (κ1) is 20.6. The van der Waals surface area contributed by atoms with Crippen molar-refractivity contribution in [2.24, 2.45) is 0 Å². The van der Waals surface area contributed by atoms with Crippen LogP contribution in [-0.2, 0) is 27.6 Å². The van der Waals surface area contributed by atoms with Gasteiger partial charge in [0.25, 0.3) is 5.89 Å². The lowest BCUT2D eigenvalue weighted by Crippen LogP contribution is -2.43. The van der Waals surface area contributed by atoms with Gasteiger partial charge in [0, 0.05) is 31.9 Å². The predicted octanol–water partition coefficient (Wildman–Crippen LogP) is 2.14. The van der Waals surface area contributed by atoms with E-state index < -0.39 is 16.1 Å². The Morgan fingerprint density at radius 1 is 1.17 bits per heavy atom. The lowest BCUT2D eigenvalue weighted by Gasteiger charge is -2.30. The molecule has 1 fully saturated rings. The Hall–Kier alpha value is -2.69. The Morgan fingerprint density at radius 3 is 2.77 bits per heavy atom. The van der Waals surface area contributed by atoms with Crippen molar-refractivity contribution < 1.29 is 22.1 Å². The van der Waals surface area contributed by atoms with Gasteiger partial charge in [-0.05, 0) is 35.7 Å². The van der Waals surface area contributed by atoms with E-state index in [1.54, 1.807) is 42.7 Å². The maximum atomic E-state index is 13.8. The lowest BCUT2D eigenvalue weighted by atomic mass is 10.1. The number of hydrogen-bond donors (Lipinski definition) is 0. The van der Waals surface area contributed by atoms with Gasteiger partial charge in [-0.3, -0.25) is 4.98 Å². The van der Waals surface area contributed by atoms with Gasteiger partial charge in [-0.25, -0.2) is 12.8 Å². The number of sulfonamides is 1. The Balaban J connectivity index is 1.40. The Morgan fingerprint density at radius 2 is 1.97 bits per heavy atom. The highest BCUT2D eigenvalue weighted by Gasteiger charge is 2.33. The second kappa shape index (κ2) is 8.99. The summed E-state index contributed by atoms with van der Waals surface area (Å²) < 4.78 is 51.7. The summed E-state index contributed by atoms with van der Waals surface area (Å²) in [7, 11) is -3.48. The van der Waals surface area contributed by atoms with Crippen molar-refractivity contribution in [1.29, 1.82) is 0 Å². The topological polar surface area (TPSA) is 98.4 Å². The fraction of sp³-hybridized carbons (Fsp3) is 0.350. The lowest BCUT2D eigenvalue weighted by molar-refractivity contribution is -0.0199. The molecule has 0 saturated carbocycles. The molecule has 0 bridgehead atoms. The van der Waals surface area contributed by atoms with Crippen LogP contribution in [0.3, 0.4) is 0 Å². The molecule has 8 nitrogen and oxygen atoms in total. The molecule has 1 aliphatic rings. The summed E-state index contributed by atoms with van der Waals surface area (Å²) in [6.45, 7) is 0.593. The van der Waals surface area contributed by atoms with Crippen LogP contribution >= 0.6 is 0 Å². The zero-order valence-corrected chi connectivity index (χ0v) is 17.0. The molecule has 1 aliphatic heterocycles. The van der Waals surface area contributed by atoms with E-state index in [1.807, 2.05) is 0 Å². The molecule has 0 N–H and O–H groups in total. The van der Waals surface area contributed by atoms with E-state index in [0.29, 0.717) is 17.8 Å². The predicted molar refractivity (Wildman–Crippen MR) is 105 cm³/mol. The fourth-order valence-corrected chi connectivity index (χ4v) is 4.70. The highest BCUT2D eigenvalue weighted by Crippen LogP contribution is 2.24. The van der Waals surface area contributed by atoms with Crippen LogP contribution in [0.15, 0.2) is 53.3 Å².